The minimum atomic E-state index is 0.380. The molecule has 7 heteroatoms. The lowest BCUT2D eigenvalue weighted by Gasteiger charge is -2.02. The van der Waals surface area contributed by atoms with Gasteiger partial charge in [-0.05, 0) is 25.0 Å². The molecule has 0 atom stereocenters. The maximum Gasteiger partial charge on any atom is 0.141 e. The zero-order valence-corrected chi connectivity index (χ0v) is 11.2. The quantitative estimate of drug-likeness (QED) is 0.782. The second-order valence-electron chi connectivity index (χ2n) is 4.90. The molecule has 0 bridgehead atoms. The van der Waals surface area contributed by atoms with E-state index >= 15 is 0 Å². The van der Waals surface area contributed by atoms with Gasteiger partial charge >= 0.3 is 0 Å². The van der Waals surface area contributed by atoms with Gasteiger partial charge in [0.15, 0.2) is 0 Å². The molecule has 1 aliphatic rings. The van der Waals surface area contributed by atoms with Crippen LogP contribution in [0.3, 0.4) is 0 Å². The van der Waals surface area contributed by atoms with Gasteiger partial charge in [0.1, 0.15) is 16.9 Å². The van der Waals surface area contributed by atoms with Crippen molar-refractivity contribution < 1.29 is 0 Å². The summed E-state index contributed by atoms with van der Waals surface area (Å²) in [6, 6.07) is 4.15. The van der Waals surface area contributed by atoms with Gasteiger partial charge in [0, 0.05) is 5.56 Å². The van der Waals surface area contributed by atoms with Crippen LogP contribution in [0.4, 0.5) is 5.82 Å². The minimum absolute atomic E-state index is 0.380. The highest BCUT2D eigenvalue weighted by atomic mass is 35.5. The van der Waals surface area contributed by atoms with E-state index < -0.39 is 0 Å². The summed E-state index contributed by atoms with van der Waals surface area (Å²) in [6.45, 7) is 0. The Morgan fingerprint density at radius 3 is 2.50 bits per heavy atom. The zero-order chi connectivity index (χ0) is 13.7. The first-order valence-electron chi connectivity index (χ1n) is 6.35. The first-order chi connectivity index (χ1) is 9.70. The fourth-order valence-corrected chi connectivity index (χ4v) is 2.35. The number of aromatic nitrogens is 5. The van der Waals surface area contributed by atoms with Gasteiger partial charge in [-0.1, -0.05) is 11.6 Å². The lowest BCUT2D eigenvalue weighted by molar-refractivity contribution is 0.562. The van der Waals surface area contributed by atoms with Gasteiger partial charge in [0.2, 0.25) is 0 Å². The van der Waals surface area contributed by atoms with Crippen LogP contribution in [0, 0.1) is 0 Å². The molecule has 2 aromatic heterocycles. The van der Waals surface area contributed by atoms with Crippen LogP contribution in [0.1, 0.15) is 18.9 Å². The number of hydrogen-bond donors (Lipinski definition) is 1. The molecule has 0 amide bonds. The van der Waals surface area contributed by atoms with Crippen molar-refractivity contribution >= 4 is 28.5 Å². The predicted octanol–water partition coefficient (Wildman–Crippen LogP) is 2.46. The van der Waals surface area contributed by atoms with E-state index in [0.717, 1.165) is 29.4 Å². The Morgan fingerprint density at radius 1 is 1.10 bits per heavy atom. The number of fused-ring (bicyclic) bond motifs is 1. The highest BCUT2D eigenvalue weighted by Gasteiger charge is 2.26. The highest BCUT2D eigenvalue weighted by molar-refractivity contribution is 6.34. The van der Waals surface area contributed by atoms with Crippen LogP contribution in [-0.4, -0.2) is 25.0 Å². The maximum atomic E-state index is 6.31. The van der Waals surface area contributed by atoms with Crippen molar-refractivity contribution in [2.45, 2.75) is 18.9 Å². The number of nitrogens with zero attached hydrogens (tertiary/aromatic N) is 5. The third-order valence-corrected chi connectivity index (χ3v) is 3.62. The largest absolute Gasteiger partial charge is 0.382 e. The molecule has 1 saturated carbocycles. The van der Waals surface area contributed by atoms with Crippen molar-refractivity contribution in [1.29, 1.82) is 0 Å². The summed E-state index contributed by atoms with van der Waals surface area (Å²) >= 11 is 6.31. The molecule has 1 fully saturated rings. The van der Waals surface area contributed by atoms with E-state index in [-0.39, 0.29) is 0 Å². The Labute approximate surface area is 119 Å². The predicted molar refractivity (Wildman–Crippen MR) is 76.2 cm³/mol. The molecule has 1 aromatic carbocycles. The van der Waals surface area contributed by atoms with Gasteiger partial charge in [-0.3, -0.25) is 4.98 Å². The topological polar surface area (TPSA) is 82.5 Å². The van der Waals surface area contributed by atoms with Gasteiger partial charge in [-0.2, -0.15) is 15.0 Å². The van der Waals surface area contributed by atoms with Gasteiger partial charge in [-0.15, -0.1) is 0 Å². The van der Waals surface area contributed by atoms with E-state index in [1.807, 2.05) is 12.1 Å². The van der Waals surface area contributed by atoms with Gasteiger partial charge in [-0.25, -0.2) is 4.98 Å². The number of hydrogen-bond acceptors (Lipinski definition) is 5. The molecule has 100 valence electrons. The van der Waals surface area contributed by atoms with E-state index in [9.17, 15) is 0 Å². The third-order valence-electron chi connectivity index (χ3n) is 3.31. The third kappa shape index (κ3) is 1.89. The Bertz CT molecular complexity index is 790. The monoisotopic (exact) mass is 286 g/mol. The van der Waals surface area contributed by atoms with E-state index in [2.05, 4.69) is 20.2 Å². The summed E-state index contributed by atoms with van der Waals surface area (Å²) in [5.74, 6) is 0.380. The van der Waals surface area contributed by atoms with E-state index in [1.54, 1.807) is 11.0 Å². The molecule has 1 aliphatic carbocycles. The fraction of sp³-hybridized carbons (Fsp3) is 0.231. The summed E-state index contributed by atoms with van der Waals surface area (Å²) in [5.41, 5.74) is 8.62. The molecular formula is C13H11ClN6. The number of halogens is 1. The Hall–Kier alpha value is -2.21. The Morgan fingerprint density at radius 2 is 1.85 bits per heavy atom. The van der Waals surface area contributed by atoms with Crippen molar-refractivity contribution in [2.75, 3.05) is 5.73 Å². The van der Waals surface area contributed by atoms with Crippen LogP contribution in [0.25, 0.3) is 22.3 Å². The average Bonchev–Trinajstić information content (AvgIpc) is 3.20. The smallest absolute Gasteiger partial charge is 0.141 e. The summed E-state index contributed by atoms with van der Waals surface area (Å²) in [6.07, 6.45) is 5.40. The summed E-state index contributed by atoms with van der Waals surface area (Å²) in [5, 5.41) is 9.53. The number of rotatable bonds is 2. The van der Waals surface area contributed by atoms with E-state index in [0.29, 0.717) is 22.6 Å². The Kier molecular flexibility index (Phi) is 2.40. The second-order valence-corrected chi connectivity index (χ2v) is 5.31. The van der Waals surface area contributed by atoms with Crippen molar-refractivity contribution in [1.82, 2.24) is 25.0 Å². The molecule has 4 rings (SSSR count). The maximum absolute atomic E-state index is 6.31. The molecule has 0 spiro atoms. The van der Waals surface area contributed by atoms with Crippen molar-refractivity contribution in [3.63, 3.8) is 0 Å². The highest BCUT2D eigenvalue weighted by Crippen LogP contribution is 2.35. The summed E-state index contributed by atoms with van der Waals surface area (Å²) < 4.78 is 0. The molecule has 3 aromatic rings. The van der Waals surface area contributed by atoms with E-state index in [1.165, 1.54) is 6.20 Å². The zero-order valence-electron chi connectivity index (χ0n) is 10.5. The summed E-state index contributed by atoms with van der Waals surface area (Å²) in [4.78, 5) is 10.1. The number of benzene rings is 1. The molecule has 0 radical (unpaired) electrons. The van der Waals surface area contributed by atoms with Crippen LogP contribution in [0.15, 0.2) is 24.5 Å². The molecule has 20 heavy (non-hydrogen) atoms. The second kappa shape index (κ2) is 4.14. The number of nitrogens with two attached hydrogens (primary N) is 1. The minimum Gasteiger partial charge on any atom is -0.382 e. The van der Waals surface area contributed by atoms with E-state index in [4.69, 9.17) is 17.3 Å². The van der Waals surface area contributed by atoms with Crippen LogP contribution in [0.2, 0.25) is 5.02 Å². The van der Waals surface area contributed by atoms with Crippen LogP contribution < -0.4 is 5.73 Å². The summed E-state index contributed by atoms with van der Waals surface area (Å²) in [7, 11) is 0. The van der Waals surface area contributed by atoms with Crippen molar-refractivity contribution in [3.8, 4) is 11.3 Å². The van der Waals surface area contributed by atoms with Crippen LogP contribution >= 0.6 is 11.6 Å². The number of nitrogen functional groups attached to an aromatic ring is 1. The normalized spacial score (nSPS) is 14.8. The Balaban J connectivity index is 1.86. The molecule has 0 saturated heterocycles. The molecule has 0 unspecified atom stereocenters. The molecule has 2 N–H and O–H groups in total. The first-order valence-corrected chi connectivity index (χ1v) is 6.72. The van der Waals surface area contributed by atoms with Crippen molar-refractivity contribution in [2.24, 2.45) is 0 Å². The molecule has 2 heterocycles. The van der Waals surface area contributed by atoms with Gasteiger partial charge in [0.05, 0.1) is 29.2 Å². The standard InChI is InChI=1S/C13H11ClN6/c14-9-4-11-10(18-20(19-11)7-1-2-7)3-8(9)12-5-17-13(15)6-16-12/h3-7H,1-2H2,(H2,15,17). The molecular weight excluding hydrogens is 276 g/mol. The molecule has 0 aliphatic heterocycles. The fourth-order valence-electron chi connectivity index (χ4n) is 2.10. The van der Waals surface area contributed by atoms with Crippen LogP contribution in [-0.2, 0) is 0 Å². The van der Waals surface area contributed by atoms with Gasteiger partial charge < -0.3 is 5.73 Å². The number of anilines is 1. The molecule has 6 nitrogen and oxygen atoms in total. The van der Waals surface area contributed by atoms with Gasteiger partial charge in [0.25, 0.3) is 0 Å². The first kappa shape index (κ1) is 11.6. The van der Waals surface area contributed by atoms with Crippen LogP contribution in [0.5, 0.6) is 0 Å². The van der Waals surface area contributed by atoms with Crippen molar-refractivity contribution in [3.05, 3.63) is 29.5 Å². The lowest BCUT2D eigenvalue weighted by Crippen LogP contribution is -1.97. The lowest BCUT2D eigenvalue weighted by atomic mass is 10.1. The average molecular weight is 287 g/mol. The SMILES string of the molecule is Nc1cnc(-c2cc3nn(C4CC4)nc3cc2Cl)cn1.